The lowest BCUT2D eigenvalue weighted by Crippen LogP contribution is -2.28. The summed E-state index contributed by atoms with van der Waals surface area (Å²) >= 11 is 0. The van der Waals surface area contributed by atoms with Crippen LogP contribution in [0.1, 0.15) is 42.2 Å². The van der Waals surface area contributed by atoms with E-state index in [1.54, 1.807) is 13.3 Å². The first-order valence-electron chi connectivity index (χ1n) is 10.6. The van der Waals surface area contributed by atoms with E-state index in [0.717, 1.165) is 17.5 Å². The molecule has 3 heterocycles. The van der Waals surface area contributed by atoms with E-state index in [1.165, 1.54) is 18.5 Å². The molecule has 1 aliphatic heterocycles. The molecule has 1 atom stereocenters. The predicted octanol–water partition coefficient (Wildman–Crippen LogP) is 4.04. The summed E-state index contributed by atoms with van der Waals surface area (Å²) in [4.78, 5) is 28.4. The van der Waals surface area contributed by atoms with Crippen LogP contribution in [0.15, 0.2) is 46.1 Å². The molecule has 0 radical (unpaired) electrons. The third kappa shape index (κ3) is 4.05. The second kappa shape index (κ2) is 9.00. The van der Waals surface area contributed by atoms with Crippen molar-refractivity contribution in [1.29, 1.82) is 0 Å². The number of nitrogens with zero attached hydrogens (tertiary/aromatic N) is 2. The van der Waals surface area contributed by atoms with Crippen molar-refractivity contribution in [2.24, 2.45) is 5.92 Å². The highest BCUT2D eigenvalue weighted by Crippen LogP contribution is 2.42. The highest BCUT2D eigenvalue weighted by atomic mass is 16.5. The van der Waals surface area contributed by atoms with Gasteiger partial charge in [-0.3, -0.25) is 4.79 Å². The molecule has 0 fully saturated rings. The van der Waals surface area contributed by atoms with Crippen molar-refractivity contribution in [3.05, 3.63) is 58.2 Å². The highest BCUT2D eigenvalue weighted by Gasteiger charge is 2.29. The van der Waals surface area contributed by atoms with Gasteiger partial charge in [0.25, 0.3) is 0 Å². The number of oxazole rings is 1. The Kier molecular flexibility index (Phi) is 6.14. The van der Waals surface area contributed by atoms with Gasteiger partial charge in [-0.2, -0.15) is 0 Å². The quantitative estimate of drug-likeness (QED) is 0.529. The fraction of sp³-hybridized carbons (Fsp3) is 0.375. The average molecular weight is 438 g/mol. The standard InChI is InChI=1S/C24H26N2O6/c1-14(2)19-9-15-10-22(31-7-4-6-30-3)17(23-25-5-8-32-23)11-16(15)20-12-21(27)18(24(28)29)13-26(19)20/h5,8,10-14,19H,4,6-7,9H2,1-3H3,(H,28,29). The molecule has 8 nitrogen and oxygen atoms in total. The monoisotopic (exact) mass is 438 g/mol. The van der Waals surface area contributed by atoms with Gasteiger partial charge in [0.2, 0.25) is 5.89 Å². The van der Waals surface area contributed by atoms with Gasteiger partial charge in [0, 0.05) is 44.0 Å². The molecule has 1 aliphatic rings. The molecule has 0 saturated carbocycles. The van der Waals surface area contributed by atoms with Gasteiger partial charge in [0.05, 0.1) is 24.1 Å². The SMILES string of the molecule is COCCCOc1cc2c(cc1-c1ncco1)-c1cc(=O)c(C(=O)O)cn1C(C(C)C)C2. The second-order valence-electron chi connectivity index (χ2n) is 8.20. The maximum absolute atomic E-state index is 12.5. The number of methoxy groups -OCH3 is 1. The largest absolute Gasteiger partial charge is 0.493 e. The van der Waals surface area contributed by atoms with E-state index >= 15 is 0 Å². The number of rotatable bonds is 8. The second-order valence-corrected chi connectivity index (χ2v) is 8.20. The first kappa shape index (κ1) is 21.8. The summed E-state index contributed by atoms with van der Waals surface area (Å²) in [5.41, 5.74) is 2.48. The lowest BCUT2D eigenvalue weighted by Gasteiger charge is -2.33. The van der Waals surface area contributed by atoms with E-state index in [4.69, 9.17) is 13.9 Å². The molecule has 3 aromatic rings. The predicted molar refractivity (Wildman–Crippen MR) is 118 cm³/mol. The normalized spacial score (nSPS) is 14.8. The molecule has 0 amide bonds. The van der Waals surface area contributed by atoms with E-state index in [1.807, 2.05) is 16.7 Å². The Morgan fingerprint density at radius 3 is 2.75 bits per heavy atom. The minimum atomic E-state index is -1.22. The zero-order valence-corrected chi connectivity index (χ0v) is 18.3. The highest BCUT2D eigenvalue weighted by molar-refractivity contribution is 5.88. The summed E-state index contributed by atoms with van der Waals surface area (Å²) in [6.07, 6.45) is 5.95. The Morgan fingerprint density at radius 2 is 2.09 bits per heavy atom. The van der Waals surface area contributed by atoms with Gasteiger partial charge in [-0.1, -0.05) is 13.8 Å². The molecule has 0 bridgehead atoms. The van der Waals surface area contributed by atoms with Crippen molar-refractivity contribution in [1.82, 2.24) is 9.55 Å². The molecule has 0 spiro atoms. The van der Waals surface area contributed by atoms with Crippen LogP contribution in [-0.2, 0) is 11.2 Å². The van der Waals surface area contributed by atoms with Crippen molar-refractivity contribution in [3.63, 3.8) is 0 Å². The number of fused-ring (bicyclic) bond motifs is 3. The van der Waals surface area contributed by atoms with Crippen LogP contribution in [0.5, 0.6) is 5.75 Å². The third-order valence-corrected chi connectivity index (χ3v) is 5.76. The summed E-state index contributed by atoms with van der Waals surface area (Å²) in [5.74, 6) is 0.0711. The van der Waals surface area contributed by atoms with Crippen LogP contribution in [0.3, 0.4) is 0 Å². The van der Waals surface area contributed by atoms with Crippen LogP contribution in [-0.4, -0.2) is 41.0 Å². The van der Waals surface area contributed by atoms with Gasteiger partial charge in [0.15, 0.2) is 5.43 Å². The molecule has 1 unspecified atom stereocenters. The van der Waals surface area contributed by atoms with Gasteiger partial charge in [-0.25, -0.2) is 9.78 Å². The van der Waals surface area contributed by atoms with Crippen molar-refractivity contribution in [3.8, 4) is 28.5 Å². The lowest BCUT2D eigenvalue weighted by molar-refractivity contribution is 0.0694. The van der Waals surface area contributed by atoms with Crippen molar-refractivity contribution >= 4 is 5.97 Å². The summed E-state index contributed by atoms with van der Waals surface area (Å²) in [6, 6.07) is 5.31. The summed E-state index contributed by atoms with van der Waals surface area (Å²) in [7, 11) is 1.65. The molecule has 0 saturated heterocycles. The number of ether oxygens (including phenoxy) is 2. The summed E-state index contributed by atoms with van der Waals surface area (Å²) < 4.78 is 18.6. The number of aromatic nitrogens is 2. The number of carbonyl (C=O) groups is 1. The third-order valence-electron chi connectivity index (χ3n) is 5.76. The maximum atomic E-state index is 12.5. The molecular weight excluding hydrogens is 412 g/mol. The number of aromatic carboxylic acids is 1. The van der Waals surface area contributed by atoms with Crippen LogP contribution in [0.2, 0.25) is 0 Å². The maximum Gasteiger partial charge on any atom is 0.341 e. The fourth-order valence-electron chi connectivity index (χ4n) is 4.14. The molecule has 32 heavy (non-hydrogen) atoms. The van der Waals surface area contributed by atoms with Crippen LogP contribution in [0, 0.1) is 5.92 Å². The van der Waals surface area contributed by atoms with Crippen LogP contribution < -0.4 is 10.2 Å². The van der Waals surface area contributed by atoms with Gasteiger partial charge >= 0.3 is 5.97 Å². The number of hydrogen-bond donors (Lipinski definition) is 1. The van der Waals surface area contributed by atoms with E-state index in [-0.39, 0.29) is 17.5 Å². The van der Waals surface area contributed by atoms with E-state index < -0.39 is 11.4 Å². The van der Waals surface area contributed by atoms with Crippen molar-refractivity contribution in [2.45, 2.75) is 32.7 Å². The average Bonchev–Trinajstić information content (AvgIpc) is 3.29. The first-order chi connectivity index (χ1) is 15.4. The minimum Gasteiger partial charge on any atom is -0.493 e. The number of hydrogen-bond acceptors (Lipinski definition) is 6. The first-order valence-corrected chi connectivity index (χ1v) is 10.6. The van der Waals surface area contributed by atoms with Crippen LogP contribution in [0.25, 0.3) is 22.7 Å². The van der Waals surface area contributed by atoms with Crippen molar-refractivity contribution in [2.75, 3.05) is 20.3 Å². The zero-order valence-electron chi connectivity index (χ0n) is 18.3. The summed E-state index contributed by atoms with van der Waals surface area (Å²) in [5, 5.41) is 9.45. The molecule has 1 N–H and O–H groups in total. The minimum absolute atomic E-state index is 0.00475. The number of carboxylic acids is 1. The molecule has 4 rings (SSSR count). The Bertz CT molecular complexity index is 1180. The zero-order chi connectivity index (χ0) is 22.8. The Labute approximate surface area is 185 Å². The fourth-order valence-corrected chi connectivity index (χ4v) is 4.14. The van der Waals surface area contributed by atoms with Gasteiger partial charge < -0.3 is 23.6 Å². The molecule has 1 aromatic carbocycles. The number of carboxylic acid groups (broad SMARTS) is 1. The topological polar surface area (TPSA) is 104 Å². The Balaban J connectivity index is 1.88. The Hall–Kier alpha value is -3.39. The van der Waals surface area contributed by atoms with E-state index in [2.05, 4.69) is 18.8 Å². The molecule has 8 heteroatoms. The number of benzene rings is 1. The van der Waals surface area contributed by atoms with Gasteiger partial charge in [0.1, 0.15) is 17.6 Å². The van der Waals surface area contributed by atoms with Crippen molar-refractivity contribution < 1.29 is 23.8 Å². The van der Waals surface area contributed by atoms with Gasteiger partial charge in [-0.05, 0) is 30.0 Å². The molecule has 168 valence electrons. The molecular formula is C24H26N2O6. The van der Waals surface area contributed by atoms with Crippen LogP contribution in [0.4, 0.5) is 0 Å². The smallest absolute Gasteiger partial charge is 0.341 e. The lowest BCUT2D eigenvalue weighted by atomic mass is 9.86. The van der Waals surface area contributed by atoms with E-state index in [0.29, 0.717) is 42.5 Å². The van der Waals surface area contributed by atoms with Crippen LogP contribution >= 0.6 is 0 Å². The Morgan fingerprint density at radius 1 is 1.28 bits per heavy atom. The number of pyridine rings is 1. The molecule has 0 aliphatic carbocycles. The van der Waals surface area contributed by atoms with E-state index in [9.17, 15) is 14.7 Å². The van der Waals surface area contributed by atoms with Gasteiger partial charge in [-0.15, -0.1) is 0 Å². The molecule has 2 aromatic heterocycles. The summed E-state index contributed by atoms with van der Waals surface area (Å²) in [6.45, 7) is 5.24.